The Bertz CT molecular complexity index is 623. The number of aryl methyl sites for hydroxylation is 2. The van der Waals surface area contributed by atoms with Crippen LogP contribution >= 0.6 is 0 Å². The van der Waals surface area contributed by atoms with Crippen molar-refractivity contribution in [2.45, 2.75) is 13.5 Å². The average Bonchev–Trinajstić information content (AvgIpc) is 2.81. The van der Waals surface area contributed by atoms with E-state index in [9.17, 15) is 0 Å². The van der Waals surface area contributed by atoms with E-state index in [0.717, 1.165) is 16.8 Å². The topological polar surface area (TPSA) is 60.2 Å². The Morgan fingerprint density at radius 3 is 2.95 bits per heavy atom. The molecule has 0 aliphatic carbocycles. The van der Waals surface area contributed by atoms with Gasteiger partial charge >= 0.3 is 0 Å². The fourth-order valence-electron chi connectivity index (χ4n) is 1.62. The molecule has 0 spiro atoms. The predicted molar refractivity (Wildman–Crippen MR) is 70.5 cm³/mol. The normalized spacial score (nSPS) is 9.84. The molecule has 0 radical (unpaired) electrons. The first-order valence-corrected chi connectivity index (χ1v) is 5.87. The number of hydrogen-bond donors (Lipinski definition) is 1. The van der Waals surface area contributed by atoms with Gasteiger partial charge in [0.05, 0.1) is 11.8 Å². The number of aliphatic hydroxyl groups excluding tert-OH is 1. The van der Waals surface area contributed by atoms with Crippen molar-refractivity contribution in [3.8, 4) is 17.6 Å². The molecule has 0 aliphatic rings. The van der Waals surface area contributed by atoms with Crippen LogP contribution in [-0.2, 0) is 13.7 Å². The van der Waals surface area contributed by atoms with Gasteiger partial charge in [-0.2, -0.15) is 0 Å². The van der Waals surface area contributed by atoms with Crippen LogP contribution in [0.3, 0.4) is 0 Å². The zero-order valence-corrected chi connectivity index (χ0v) is 10.9. The van der Waals surface area contributed by atoms with Crippen molar-refractivity contribution >= 4 is 0 Å². The standard InChI is InChI=1S/C14H15N3O2/c1-11-5-6-14(12(8-11)4-3-7-18)19-10-13-9-17(2)16-15-13/h5-6,8-9,18H,7,10H2,1-2H3. The highest BCUT2D eigenvalue weighted by molar-refractivity contribution is 5.48. The van der Waals surface area contributed by atoms with Crippen LogP contribution in [0.1, 0.15) is 16.8 Å². The molecule has 0 saturated heterocycles. The van der Waals surface area contributed by atoms with Crippen LogP contribution in [-0.4, -0.2) is 26.7 Å². The van der Waals surface area contributed by atoms with Crippen molar-refractivity contribution in [2.75, 3.05) is 6.61 Å². The summed E-state index contributed by atoms with van der Waals surface area (Å²) in [5, 5.41) is 16.6. The lowest BCUT2D eigenvalue weighted by Crippen LogP contribution is -1.98. The second kappa shape index (κ2) is 6.03. The van der Waals surface area contributed by atoms with E-state index in [1.807, 2.05) is 25.1 Å². The van der Waals surface area contributed by atoms with Crippen LogP contribution in [0.5, 0.6) is 5.75 Å². The molecule has 2 aromatic rings. The number of rotatable bonds is 3. The van der Waals surface area contributed by atoms with Gasteiger partial charge in [0, 0.05) is 7.05 Å². The fraction of sp³-hybridized carbons (Fsp3) is 0.286. The van der Waals surface area contributed by atoms with Crippen molar-refractivity contribution in [2.24, 2.45) is 7.05 Å². The van der Waals surface area contributed by atoms with Gasteiger partial charge in [0.1, 0.15) is 24.7 Å². The average molecular weight is 257 g/mol. The maximum Gasteiger partial charge on any atom is 0.135 e. The molecule has 0 unspecified atom stereocenters. The highest BCUT2D eigenvalue weighted by atomic mass is 16.5. The highest BCUT2D eigenvalue weighted by Crippen LogP contribution is 2.20. The molecular formula is C14H15N3O2. The molecule has 5 heteroatoms. The van der Waals surface area contributed by atoms with E-state index in [1.54, 1.807) is 17.9 Å². The van der Waals surface area contributed by atoms with Crippen LogP contribution in [0.15, 0.2) is 24.4 Å². The summed E-state index contributed by atoms with van der Waals surface area (Å²) in [6.45, 7) is 2.15. The van der Waals surface area contributed by atoms with E-state index < -0.39 is 0 Å². The van der Waals surface area contributed by atoms with Gasteiger partial charge < -0.3 is 9.84 Å². The summed E-state index contributed by atoms with van der Waals surface area (Å²) in [7, 11) is 1.81. The molecule has 0 atom stereocenters. The van der Waals surface area contributed by atoms with Crippen molar-refractivity contribution in [1.29, 1.82) is 0 Å². The predicted octanol–water partition coefficient (Wildman–Crippen LogP) is 1.05. The Balaban J connectivity index is 2.15. The Morgan fingerprint density at radius 2 is 2.26 bits per heavy atom. The number of hydrogen-bond acceptors (Lipinski definition) is 4. The smallest absolute Gasteiger partial charge is 0.135 e. The summed E-state index contributed by atoms with van der Waals surface area (Å²) in [4.78, 5) is 0. The summed E-state index contributed by atoms with van der Waals surface area (Å²) in [6.07, 6.45) is 1.80. The van der Waals surface area contributed by atoms with E-state index in [2.05, 4.69) is 22.2 Å². The lowest BCUT2D eigenvalue weighted by molar-refractivity contribution is 0.300. The minimum absolute atomic E-state index is 0.169. The van der Waals surface area contributed by atoms with E-state index in [0.29, 0.717) is 12.4 Å². The largest absolute Gasteiger partial charge is 0.486 e. The van der Waals surface area contributed by atoms with E-state index in [4.69, 9.17) is 9.84 Å². The van der Waals surface area contributed by atoms with Crippen molar-refractivity contribution in [3.63, 3.8) is 0 Å². The molecule has 1 heterocycles. The highest BCUT2D eigenvalue weighted by Gasteiger charge is 2.04. The molecule has 0 bridgehead atoms. The summed E-state index contributed by atoms with van der Waals surface area (Å²) in [6, 6.07) is 5.75. The second-order valence-electron chi connectivity index (χ2n) is 4.13. The molecule has 19 heavy (non-hydrogen) atoms. The zero-order valence-electron chi connectivity index (χ0n) is 10.9. The Morgan fingerprint density at radius 1 is 1.42 bits per heavy atom. The molecule has 1 aromatic carbocycles. The molecule has 2 rings (SSSR count). The summed E-state index contributed by atoms with van der Waals surface area (Å²) >= 11 is 0. The Kier molecular flexibility index (Phi) is 4.16. The molecule has 1 aromatic heterocycles. The molecule has 98 valence electrons. The van der Waals surface area contributed by atoms with Crippen LogP contribution in [0.2, 0.25) is 0 Å². The third kappa shape index (κ3) is 3.57. The van der Waals surface area contributed by atoms with Crippen molar-refractivity contribution in [1.82, 2.24) is 15.0 Å². The fourth-order valence-corrected chi connectivity index (χ4v) is 1.62. The molecular weight excluding hydrogens is 242 g/mol. The third-order valence-corrected chi connectivity index (χ3v) is 2.46. The maximum absolute atomic E-state index is 8.76. The Labute approximate surface area is 111 Å². The Hall–Kier alpha value is -2.32. The van der Waals surface area contributed by atoms with Gasteiger partial charge in [0.2, 0.25) is 0 Å². The quantitative estimate of drug-likeness (QED) is 0.835. The van der Waals surface area contributed by atoms with E-state index in [1.165, 1.54) is 0 Å². The van der Waals surface area contributed by atoms with Gasteiger partial charge in [0.15, 0.2) is 0 Å². The molecule has 5 nitrogen and oxygen atoms in total. The minimum atomic E-state index is -0.169. The number of benzene rings is 1. The monoisotopic (exact) mass is 257 g/mol. The van der Waals surface area contributed by atoms with E-state index >= 15 is 0 Å². The number of aliphatic hydroxyl groups is 1. The van der Waals surface area contributed by atoms with E-state index in [-0.39, 0.29) is 6.61 Å². The molecule has 0 fully saturated rings. The van der Waals surface area contributed by atoms with Gasteiger partial charge in [-0.15, -0.1) is 5.10 Å². The lowest BCUT2D eigenvalue weighted by Gasteiger charge is -2.07. The summed E-state index contributed by atoms with van der Waals surface area (Å²) < 4.78 is 7.31. The molecule has 0 amide bonds. The van der Waals surface area contributed by atoms with Gasteiger partial charge in [0.25, 0.3) is 0 Å². The van der Waals surface area contributed by atoms with Gasteiger partial charge in [-0.25, -0.2) is 0 Å². The zero-order chi connectivity index (χ0) is 13.7. The first kappa shape index (κ1) is 13.1. The molecule has 0 aliphatic heterocycles. The molecule has 0 saturated carbocycles. The van der Waals surface area contributed by atoms with Gasteiger partial charge in [-0.3, -0.25) is 4.68 Å². The lowest BCUT2D eigenvalue weighted by atomic mass is 10.1. The number of nitrogens with zero attached hydrogens (tertiary/aromatic N) is 3. The second-order valence-corrected chi connectivity index (χ2v) is 4.13. The third-order valence-electron chi connectivity index (χ3n) is 2.46. The number of aromatic nitrogens is 3. The number of ether oxygens (including phenoxy) is 1. The molecule has 1 N–H and O–H groups in total. The summed E-state index contributed by atoms with van der Waals surface area (Å²) in [5.74, 6) is 6.18. The van der Waals surface area contributed by atoms with Crippen LogP contribution < -0.4 is 4.74 Å². The summed E-state index contributed by atoms with van der Waals surface area (Å²) in [5.41, 5.74) is 2.61. The van der Waals surface area contributed by atoms with Crippen LogP contribution in [0, 0.1) is 18.8 Å². The first-order chi connectivity index (χ1) is 9.19. The van der Waals surface area contributed by atoms with Crippen LogP contribution in [0.25, 0.3) is 0 Å². The van der Waals surface area contributed by atoms with Crippen LogP contribution in [0.4, 0.5) is 0 Å². The maximum atomic E-state index is 8.76. The van der Waals surface area contributed by atoms with Crippen molar-refractivity contribution < 1.29 is 9.84 Å². The van der Waals surface area contributed by atoms with Gasteiger partial charge in [-0.05, 0) is 24.6 Å². The SMILES string of the molecule is Cc1ccc(OCc2cn(C)nn2)c(C#CCO)c1. The minimum Gasteiger partial charge on any atom is -0.486 e. The first-order valence-electron chi connectivity index (χ1n) is 5.87. The van der Waals surface area contributed by atoms with Crippen molar-refractivity contribution in [3.05, 3.63) is 41.2 Å². The van der Waals surface area contributed by atoms with Gasteiger partial charge in [-0.1, -0.05) is 23.1 Å².